The molecule has 0 atom stereocenters. The molecule has 1 aliphatic heterocycles. The Labute approximate surface area is 190 Å². The number of carbonyl (C=O) groups excluding carboxylic acids is 1. The number of hydrogen-bond acceptors (Lipinski definition) is 7. The highest BCUT2D eigenvalue weighted by Gasteiger charge is 2.20. The summed E-state index contributed by atoms with van der Waals surface area (Å²) in [5.41, 5.74) is 2.10. The molecule has 32 heavy (non-hydrogen) atoms. The Morgan fingerprint density at radius 2 is 2.00 bits per heavy atom. The number of anilines is 1. The first-order chi connectivity index (χ1) is 15.7. The second-order valence-corrected chi connectivity index (χ2v) is 9.37. The van der Waals surface area contributed by atoms with Gasteiger partial charge in [0, 0.05) is 43.7 Å². The highest BCUT2D eigenvalue weighted by atomic mass is 32.1. The lowest BCUT2D eigenvalue weighted by Crippen LogP contribution is -2.36. The van der Waals surface area contributed by atoms with Crippen molar-refractivity contribution in [3.05, 3.63) is 51.0 Å². The molecule has 0 bridgehead atoms. The molecule has 9 heteroatoms. The average Bonchev–Trinajstić information content (AvgIpc) is 3.22. The van der Waals surface area contributed by atoms with Crippen molar-refractivity contribution < 1.29 is 9.53 Å². The number of hydrogen-bond donors (Lipinski definition) is 1. The monoisotopic (exact) mass is 453 g/mol. The predicted octanol–water partition coefficient (Wildman–Crippen LogP) is 2.27. The third kappa shape index (κ3) is 4.40. The molecule has 0 spiro atoms. The number of ether oxygens (including phenoxy) is 1. The highest BCUT2D eigenvalue weighted by molar-refractivity contribution is 7.18. The van der Waals surface area contributed by atoms with Gasteiger partial charge in [-0.15, -0.1) is 11.3 Å². The van der Waals surface area contributed by atoms with Crippen molar-refractivity contribution >= 4 is 33.3 Å². The van der Waals surface area contributed by atoms with Gasteiger partial charge in [0.2, 0.25) is 5.91 Å². The molecular formula is C23H27N5O3S. The lowest BCUT2D eigenvalue weighted by atomic mass is 9.97. The van der Waals surface area contributed by atoms with E-state index in [1.165, 1.54) is 16.9 Å². The summed E-state index contributed by atoms with van der Waals surface area (Å²) < 4.78 is 6.94. The molecule has 0 radical (unpaired) electrons. The van der Waals surface area contributed by atoms with Crippen LogP contribution in [0.15, 0.2) is 29.5 Å². The van der Waals surface area contributed by atoms with Gasteiger partial charge in [-0.05, 0) is 42.9 Å². The molecule has 3 aromatic heterocycles. The average molecular weight is 454 g/mol. The predicted molar refractivity (Wildman–Crippen MR) is 124 cm³/mol. The van der Waals surface area contributed by atoms with E-state index in [9.17, 15) is 9.59 Å². The van der Waals surface area contributed by atoms with Crippen LogP contribution < -0.4 is 15.8 Å². The molecular weight excluding hydrogens is 426 g/mol. The van der Waals surface area contributed by atoms with E-state index in [1.54, 1.807) is 28.4 Å². The molecule has 0 aromatic carbocycles. The number of rotatable bonds is 6. The molecule has 5 rings (SSSR count). The van der Waals surface area contributed by atoms with Crippen LogP contribution in [0.3, 0.4) is 0 Å². The number of amides is 1. The summed E-state index contributed by atoms with van der Waals surface area (Å²) in [6, 6.07) is 3.97. The molecule has 2 aliphatic rings. The summed E-state index contributed by atoms with van der Waals surface area (Å²) in [5, 5.41) is 3.69. The number of aryl methyl sites for hydroxylation is 3. The van der Waals surface area contributed by atoms with Gasteiger partial charge in [0.1, 0.15) is 10.6 Å². The van der Waals surface area contributed by atoms with Crippen LogP contribution >= 0.6 is 11.3 Å². The Kier molecular flexibility index (Phi) is 6.18. The first kappa shape index (κ1) is 21.1. The molecule has 3 aromatic rings. The fraction of sp³-hybridized carbons (Fsp3) is 0.478. The van der Waals surface area contributed by atoms with Gasteiger partial charge >= 0.3 is 0 Å². The van der Waals surface area contributed by atoms with Crippen molar-refractivity contribution in [1.82, 2.24) is 19.9 Å². The van der Waals surface area contributed by atoms with E-state index < -0.39 is 0 Å². The topological polar surface area (TPSA) is 89.4 Å². The minimum Gasteiger partial charge on any atom is -0.378 e. The summed E-state index contributed by atoms with van der Waals surface area (Å²) in [4.78, 5) is 38.7. The van der Waals surface area contributed by atoms with Crippen molar-refractivity contribution in [3.8, 4) is 0 Å². The van der Waals surface area contributed by atoms with Crippen molar-refractivity contribution in [1.29, 1.82) is 0 Å². The molecule has 168 valence electrons. The van der Waals surface area contributed by atoms with E-state index in [1.807, 2.05) is 12.1 Å². The molecule has 0 unspecified atom stereocenters. The fourth-order valence-electron chi connectivity index (χ4n) is 4.35. The number of nitrogens with one attached hydrogen (secondary N) is 1. The van der Waals surface area contributed by atoms with Crippen LogP contribution in [-0.2, 0) is 35.5 Å². The van der Waals surface area contributed by atoms with Crippen LogP contribution in [0.5, 0.6) is 0 Å². The quantitative estimate of drug-likeness (QED) is 0.616. The maximum absolute atomic E-state index is 13.0. The van der Waals surface area contributed by atoms with Gasteiger partial charge < -0.3 is 15.0 Å². The van der Waals surface area contributed by atoms with Crippen LogP contribution in [-0.4, -0.2) is 46.7 Å². The largest absolute Gasteiger partial charge is 0.378 e. The van der Waals surface area contributed by atoms with Gasteiger partial charge in [-0.2, -0.15) is 0 Å². The number of aromatic nitrogens is 3. The third-order valence-electron chi connectivity index (χ3n) is 6.16. The van der Waals surface area contributed by atoms with Crippen molar-refractivity contribution in [2.75, 3.05) is 31.2 Å². The van der Waals surface area contributed by atoms with Crippen molar-refractivity contribution in [3.63, 3.8) is 0 Å². The Hall–Kier alpha value is -2.78. The lowest BCUT2D eigenvalue weighted by Gasteiger charge is -2.27. The van der Waals surface area contributed by atoms with Crippen molar-refractivity contribution in [2.24, 2.45) is 0 Å². The number of fused-ring (bicyclic) bond motifs is 3. The lowest BCUT2D eigenvalue weighted by molar-refractivity contribution is -0.121. The molecule has 8 nitrogen and oxygen atoms in total. The molecule has 1 saturated heterocycles. The van der Waals surface area contributed by atoms with Gasteiger partial charge in [0.15, 0.2) is 0 Å². The van der Waals surface area contributed by atoms with E-state index >= 15 is 0 Å². The number of pyridine rings is 1. The maximum atomic E-state index is 13.0. The van der Waals surface area contributed by atoms with E-state index in [0.717, 1.165) is 67.2 Å². The first-order valence-corrected chi connectivity index (χ1v) is 12.0. The number of morpholine rings is 1. The van der Waals surface area contributed by atoms with Crippen LogP contribution in [0, 0.1) is 0 Å². The third-order valence-corrected chi connectivity index (χ3v) is 7.36. The molecule has 1 amide bonds. The van der Waals surface area contributed by atoms with E-state index in [4.69, 9.17) is 4.74 Å². The van der Waals surface area contributed by atoms with E-state index in [0.29, 0.717) is 13.1 Å². The summed E-state index contributed by atoms with van der Waals surface area (Å²) in [5.74, 6) is 0.836. The van der Waals surface area contributed by atoms with Gasteiger partial charge in [0.25, 0.3) is 5.56 Å². The Morgan fingerprint density at radius 3 is 2.81 bits per heavy atom. The summed E-state index contributed by atoms with van der Waals surface area (Å²) in [7, 11) is 0. The van der Waals surface area contributed by atoms with E-state index in [2.05, 4.69) is 20.2 Å². The zero-order chi connectivity index (χ0) is 21.9. The van der Waals surface area contributed by atoms with Gasteiger partial charge in [0.05, 0.1) is 24.9 Å². The second kappa shape index (κ2) is 9.38. The first-order valence-electron chi connectivity index (χ1n) is 11.2. The zero-order valence-corrected chi connectivity index (χ0v) is 18.8. The van der Waals surface area contributed by atoms with Crippen molar-refractivity contribution in [2.45, 2.75) is 45.2 Å². The Balaban J connectivity index is 1.17. The number of carbonyl (C=O) groups is 1. The molecule has 1 fully saturated rings. The second-order valence-electron chi connectivity index (χ2n) is 8.28. The zero-order valence-electron chi connectivity index (χ0n) is 18.0. The Morgan fingerprint density at radius 1 is 1.16 bits per heavy atom. The minimum absolute atomic E-state index is 0.0231. The summed E-state index contributed by atoms with van der Waals surface area (Å²) in [6.07, 6.45) is 7.91. The van der Waals surface area contributed by atoms with Crippen LogP contribution in [0.1, 0.15) is 35.3 Å². The molecule has 4 heterocycles. The van der Waals surface area contributed by atoms with Crippen LogP contribution in [0.2, 0.25) is 0 Å². The van der Waals surface area contributed by atoms with Gasteiger partial charge in [-0.25, -0.2) is 9.97 Å². The number of nitrogens with zero attached hydrogens (tertiary/aromatic N) is 4. The normalized spacial score (nSPS) is 16.2. The standard InChI is InChI=1S/C23H27N5O3S/c29-20(25-14-16-5-6-19(24-13-16)27-9-11-31-12-10-27)7-8-28-15-26-22-21(23(28)30)17-3-1-2-4-18(17)32-22/h5-6,13,15H,1-4,7-12,14H2,(H,25,29). The highest BCUT2D eigenvalue weighted by Crippen LogP contribution is 2.33. The molecule has 0 saturated carbocycles. The Bertz CT molecular complexity index is 1160. The number of thiophene rings is 1. The minimum atomic E-state index is -0.0957. The maximum Gasteiger partial charge on any atom is 0.262 e. The molecule has 1 aliphatic carbocycles. The fourth-order valence-corrected chi connectivity index (χ4v) is 5.57. The SMILES string of the molecule is O=C(CCn1cnc2sc3c(c2c1=O)CCCC3)NCc1ccc(N2CCOCC2)nc1. The van der Waals surface area contributed by atoms with E-state index in [-0.39, 0.29) is 17.9 Å². The van der Waals surface area contributed by atoms with Crippen LogP contribution in [0.25, 0.3) is 10.2 Å². The van der Waals surface area contributed by atoms with Crippen LogP contribution in [0.4, 0.5) is 5.82 Å². The summed E-state index contributed by atoms with van der Waals surface area (Å²) in [6.45, 7) is 3.88. The van der Waals surface area contributed by atoms with Gasteiger partial charge in [-0.3, -0.25) is 14.2 Å². The smallest absolute Gasteiger partial charge is 0.262 e. The summed E-state index contributed by atoms with van der Waals surface area (Å²) >= 11 is 1.64. The molecule has 1 N–H and O–H groups in total. The van der Waals surface area contributed by atoms with Gasteiger partial charge in [-0.1, -0.05) is 6.07 Å².